The van der Waals surface area contributed by atoms with Gasteiger partial charge in [-0.2, -0.15) is 0 Å². The molecule has 1 saturated heterocycles. The van der Waals surface area contributed by atoms with Gasteiger partial charge in [0, 0.05) is 6.54 Å². The van der Waals surface area contributed by atoms with E-state index in [-0.39, 0.29) is 12.5 Å². The number of para-hydroxylation sites is 1. The van der Waals surface area contributed by atoms with Gasteiger partial charge >= 0.3 is 0 Å². The summed E-state index contributed by atoms with van der Waals surface area (Å²) in [7, 11) is 0. The Morgan fingerprint density at radius 1 is 1.38 bits per heavy atom. The molecule has 3 rings (SSSR count). The van der Waals surface area contributed by atoms with Gasteiger partial charge in [-0.15, -0.1) is 0 Å². The first-order chi connectivity index (χ1) is 7.86. The minimum atomic E-state index is -0.0184. The standard InChI is InChI=1S/C11H12N2O3/c14-10-6-15-5-4-13(10)9-3-1-2-8-11(9)16-7-12-8/h1-3,12H,4-7H2. The highest BCUT2D eigenvalue weighted by molar-refractivity contribution is 5.97. The van der Waals surface area contributed by atoms with E-state index in [0.29, 0.717) is 19.9 Å². The lowest BCUT2D eigenvalue weighted by Crippen LogP contribution is -2.41. The fourth-order valence-electron chi connectivity index (χ4n) is 1.99. The van der Waals surface area contributed by atoms with E-state index >= 15 is 0 Å². The quantitative estimate of drug-likeness (QED) is 0.761. The number of nitrogens with zero attached hydrogens (tertiary/aromatic N) is 1. The van der Waals surface area contributed by atoms with Crippen LogP contribution in [0.5, 0.6) is 5.75 Å². The second kappa shape index (κ2) is 3.68. The Kier molecular flexibility index (Phi) is 2.18. The lowest BCUT2D eigenvalue weighted by molar-refractivity contribution is -0.125. The van der Waals surface area contributed by atoms with Crippen molar-refractivity contribution in [3.8, 4) is 5.75 Å². The molecule has 2 aliphatic heterocycles. The molecule has 1 aromatic rings. The summed E-state index contributed by atoms with van der Waals surface area (Å²) >= 11 is 0. The fraction of sp³-hybridized carbons (Fsp3) is 0.364. The van der Waals surface area contributed by atoms with E-state index in [1.807, 2.05) is 18.2 Å². The Morgan fingerprint density at radius 2 is 2.31 bits per heavy atom. The minimum Gasteiger partial charge on any atom is -0.469 e. The van der Waals surface area contributed by atoms with Gasteiger partial charge in [0.15, 0.2) is 12.5 Å². The topological polar surface area (TPSA) is 50.8 Å². The van der Waals surface area contributed by atoms with Crippen molar-refractivity contribution in [3.63, 3.8) is 0 Å². The van der Waals surface area contributed by atoms with Gasteiger partial charge in [0.1, 0.15) is 6.61 Å². The second-order valence-corrected chi connectivity index (χ2v) is 3.72. The van der Waals surface area contributed by atoms with Crippen LogP contribution in [0.15, 0.2) is 18.2 Å². The summed E-state index contributed by atoms with van der Waals surface area (Å²) in [5.74, 6) is 0.743. The SMILES string of the molecule is O=C1COCCN1c1cccc2c1OCN2. The molecule has 0 saturated carbocycles. The van der Waals surface area contributed by atoms with Crippen LogP contribution >= 0.6 is 0 Å². The first kappa shape index (κ1) is 9.47. The number of hydrogen-bond donors (Lipinski definition) is 1. The highest BCUT2D eigenvalue weighted by Crippen LogP contribution is 2.39. The fourth-order valence-corrected chi connectivity index (χ4v) is 1.99. The van der Waals surface area contributed by atoms with Crippen LogP contribution < -0.4 is 15.0 Å². The number of ether oxygens (including phenoxy) is 2. The molecule has 1 aromatic carbocycles. The number of hydrogen-bond acceptors (Lipinski definition) is 4. The number of amides is 1. The van der Waals surface area contributed by atoms with Crippen molar-refractivity contribution in [2.24, 2.45) is 0 Å². The summed E-state index contributed by atoms with van der Waals surface area (Å²) in [6.45, 7) is 1.77. The maximum atomic E-state index is 11.7. The van der Waals surface area contributed by atoms with Crippen LogP contribution in [-0.4, -0.2) is 32.4 Å². The van der Waals surface area contributed by atoms with Gasteiger partial charge < -0.3 is 19.7 Å². The molecule has 2 heterocycles. The summed E-state index contributed by atoms with van der Waals surface area (Å²) in [6, 6.07) is 5.75. The van der Waals surface area contributed by atoms with Crippen LogP contribution in [0.1, 0.15) is 0 Å². The van der Waals surface area contributed by atoms with E-state index in [1.54, 1.807) is 4.90 Å². The molecule has 1 N–H and O–H groups in total. The van der Waals surface area contributed by atoms with E-state index in [1.165, 1.54) is 0 Å². The summed E-state index contributed by atoms with van der Waals surface area (Å²) in [6.07, 6.45) is 0. The van der Waals surface area contributed by atoms with Gasteiger partial charge in [-0.25, -0.2) is 0 Å². The molecule has 5 nitrogen and oxygen atoms in total. The monoisotopic (exact) mass is 220 g/mol. The highest BCUT2D eigenvalue weighted by Gasteiger charge is 2.26. The molecule has 0 aromatic heterocycles. The molecular formula is C11H12N2O3. The predicted molar refractivity (Wildman–Crippen MR) is 58.7 cm³/mol. The zero-order chi connectivity index (χ0) is 11.0. The summed E-state index contributed by atoms with van der Waals surface area (Å²) in [5.41, 5.74) is 1.77. The number of morpholine rings is 1. The van der Waals surface area contributed by atoms with Crippen molar-refractivity contribution in [1.82, 2.24) is 0 Å². The van der Waals surface area contributed by atoms with Crippen molar-refractivity contribution in [3.05, 3.63) is 18.2 Å². The minimum absolute atomic E-state index is 0.0184. The van der Waals surface area contributed by atoms with E-state index in [9.17, 15) is 4.79 Å². The molecule has 5 heteroatoms. The largest absolute Gasteiger partial charge is 0.469 e. The average molecular weight is 220 g/mol. The van der Waals surface area contributed by atoms with Crippen molar-refractivity contribution < 1.29 is 14.3 Å². The van der Waals surface area contributed by atoms with Crippen LogP contribution in [0.4, 0.5) is 11.4 Å². The lowest BCUT2D eigenvalue weighted by atomic mass is 10.2. The highest BCUT2D eigenvalue weighted by atomic mass is 16.5. The molecule has 0 atom stereocenters. The zero-order valence-corrected chi connectivity index (χ0v) is 8.73. The number of anilines is 2. The third kappa shape index (κ3) is 1.40. The first-order valence-corrected chi connectivity index (χ1v) is 5.24. The Hall–Kier alpha value is -1.75. The normalized spacial score (nSPS) is 19.0. The maximum absolute atomic E-state index is 11.7. The maximum Gasteiger partial charge on any atom is 0.253 e. The first-order valence-electron chi connectivity index (χ1n) is 5.24. The number of rotatable bonds is 1. The summed E-state index contributed by atoms with van der Waals surface area (Å²) in [4.78, 5) is 13.4. The third-order valence-corrected chi connectivity index (χ3v) is 2.75. The molecule has 1 amide bonds. The molecule has 0 radical (unpaired) electrons. The van der Waals surface area contributed by atoms with Gasteiger partial charge in [-0.05, 0) is 12.1 Å². The molecule has 84 valence electrons. The number of carbonyl (C=O) groups excluding carboxylic acids is 1. The van der Waals surface area contributed by atoms with Crippen molar-refractivity contribution in [2.75, 3.05) is 36.7 Å². The van der Waals surface area contributed by atoms with Crippen LogP contribution in [0, 0.1) is 0 Å². The Morgan fingerprint density at radius 3 is 3.19 bits per heavy atom. The molecule has 0 spiro atoms. The average Bonchev–Trinajstić information content (AvgIpc) is 2.77. The van der Waals surface area contributed by atoms with Gasteiger partial charge in [-0.1, -0.05) is 6.07 Å². The van der Waals surface area contributed by atoms with Crippen LogP contribution in [0.25, 0.3) is 0 Å². The molecule has 1 fully saturated rings. The van der Waals surface area contributed by atoms with E-state index < -0.39 is 0 Å². The molecule has 0 unspecified atom stereocenters. The zero-order valence-electron chi connectivity index (χ0n) is 8.73. The van der Waals surface area contributed by atoms with Gasteiger partial charge in [-0.3, -0.25) is 4.79 Å². The van der Waals surface area contributed by atoms with Gasteiger partial charge in [0.05, 0.1) is 18.0 Å². The Labute approximate surface area is 92.9 Å². The molecule has 2 aliphatic rings. The van der Waals surface area contributed by atoms with E-state index in [0.717, 1.165) is 17.1 Å². The molecule has 0 aliphatic carbocycles. The van der Waals surface area contributed by atoms with Crippen LogP contribution in [-0.2, 0) is 9.53 Å². The number of benzene rings is 1. The summed E-state index contributed by atoms with van der Waals surface area (Å²) < 4.78 is 10.6. The molecule has 16 heavy (non-hydrogen) atoms. The van der Waals surface area contributed by atoms with Crippen molar-refractivity contribution >= 4 is 17.3 Å². The summed E-state index contributed by atoms with van der Waals surface area (Å²) in [5, 5.41) is 3.10. The molecule has 0 bridgehead atoms. The lowest BCUT2D eigenvalue weighted by Gasteiger charge is -2.27. The second-order valence-electron chi connectivity index (χ2n) is 3.72. The Balaban J connectivity index is 1.99. The van der Waals surface area contributed by atoms with Gasteiger partial charge in [0.25, 0.3) is 5.91 Å². The van der Waals surface area contributed by atoms with Crippen molar-refractivity contribution in [2.45, 2.75) is 0 Å². The van der Waals surface area contributed by atoms with Gasteiger partial charge in [0.2, 0.25) is 0 Å². The predicted octanol–water partition coefficient (Wildman–Crippen LogP) is 0.812. The smallest absolute Gasteiger partial charge is 0.253 e. The molecular weight excluding hydrogens is 208 g/mol. The Bertz CT molecular complexity index is 433. The van der Waals surface area contributed by atoms with E-state index in [4.69, 9.17) is 9.47 Å². The van der Waals surface area contributed by atoms with Crippen LogP contribution in [0.2, 0.25) is 0 Å². The van der Waals surface area contributed by atoms with Crippen molar-refractivity contribution in [1.29, 1.82) is 0 Å². The number of nitrogens with one attached hydrogen (secondary N) is 1. The number of carbonyl (C=O) groups is 1. The van der Waals surface area contributed by atoms with Crippen LogP contribution in [0.3, 0.4) is 0 Å². The van der Waals surface area contributed by atoms with E-state index in [2.05, 4.69) is 5.32 Å². The number of fused-ring (bicyclic) bond motifs is 1. The third-order valence-electron chi connectivity index (χ3n) is 2.75.